The van der Waals surface area contributed by atoms with Crippen LogP contribution in [0.4, 0.5) is 0 Å². The summed E-state index contributed by atoms with van der Waals surface area (Å²) in [6, 6.07) is 13.9. The van der Waals surface area contributed by atoms with E-state index in [1.807, 2.05) is 36.5 Å². The van der Waals surface area contributed by atoms with Crippen LogP contribution in [0.1, 0.15) is 23.0 Å². The first-order chi connectivity index (χ1) is 9.84. The highest BCUT2D eigenvalue weighted by Crippen LogP contribution is 2.18. The van der Waals surface area contributed by atoms with E-state index in [0.29, 0.717) is 0 Å². The van der Waals surface area contributed by atoms with Crippen molar-refractivity contribution in [1.82, 2.24) is 14.5 Å². The zero-order valence-electron chi connectivity index (χ0n) is 11.1. The molecule has 0 fully saturated rings. The van der Waals surface area contributed by atoms with E-state index in [2.05, 4.69) is 26.7 Å². The lowest BCUT2D eigenvalue weighted by Crippen LogP contribution is -2.18. The molecule has 3 rings (SSSR count). The monoisotopic (exact) mass is 264 g/mol. The van der Waals surface area contributed by atoms with E-state index < -0.39 is 0 Å². The third kappa shape index (κ3) is 2.60. The molecule has 3 aromatic rings. The quantitative estimate of drug-likeness (QED) is 0.787. The second-order valence-electron chi connectivity index (χ2n) is 4.66. The van der Waals surface area contributed by atoms with E-state index in [-0.39, 0.29) is 6.04 Å². The van der Waals surface area contributed by atoms with Gasteiger partial charge in [-0.1, -0.05) is 36.4 Å². The van der Waals surface area contributed by atoms with Crippen LogP contribution in [0.25, 0.3) is 0 Å². The average Bonchev–Trinajstić information content (AvgIpc) is 2.96. The molecule has 2 aromatic heterocycles. The topological polar surface area (TPSA) is 56.7 Å². The van der Waals surface area contributed by atoms with Crippen molar-refractivity contribution in [2.75, 3.05) is 0 Å². The van der Waals surface area contributed by atoms with Crippen LogP contribution in [-0.2, 0) is 6.54 Å². The number of hydrogen-bond donors (Lipinski definition) is 1. The molecule has 1 unspecified atom stereocenters. The highest BCUT2D eigenvalue weighted by atomic mass is 15.1. The molecule has 4 heteroatoms. The third-order valence-corrected chi connectivity index (χ3v) is 3.27. The van der Waals surface area contributed by atoms with Crippen molar-refractivity contribution in [2.24, 2.45) is 5.73 Å². The van der Waals surface area contributed by atoms with Crippen molar-refractivity contribution >= 4 is 0 Å². The second kappa shape index (κ2) is 5.67. The molecular formula is C16H16N4. The van der Waals surface area contributed by atoms with Crippen LogP contribution < -0.4 is 5.73 Å². The summed E-state index contributed by atoms with van der Waals surface area (Å²) in [5, 5.41) is 0. The van der Waals surface area contributed by atoms with Crippen molar-refractivity contribution < 1.29 is 0 Å². The number of hydrogen-bond acceptors (Lipinski definition) is 3. The Morgan fingerprint density at radius 1 is 1.05 bits per heavy atom. The molecule has 0 aliphatic carbocycles. The van der Waals surface area contributed by atoms with Crippen molar-refractivity contribution in [2.45, 2.75) is 12.6 Å². The van der Waals surface area contributed by atoms with Gasteiger partial charge in [0.2, 0.25) is 0 Å². The smallest absolute Gasteiger partial charge is 0.130 e. The molecule has 0 saturated heterocycles. The highest BCUT2D eigenvalue weighted by molar-refractivity contribution is 5.23. The van der Waals surface area contributed by atoms with Gasteiger partial charge in [-0.3, -0.25) is 4.98 Å². The zero-order chi connectivity index (χ0) is 13.8. The number of nitrogens with two attached hydrogens (primary N) is 1. The van der Waals surface area contributed by atoms with Gasteiger partial charge in [-0.25, -0.2) is 4.98 Å². The van der Waals surface area contributed by atoms with Crippen LogP contribution in [0.15, 0.2) is 67.3 Å². The molecule has 0 spiro atoms. The normalized spacial score (nSPS) is 12.2. The molecule has 0 aliphatic heterocycles. The Morgan fingerprint density at radius 2 is 1.90 bits per heavy atom. The summed E-state index contributed by atoms with van der Waals surface area (Å²) < 4.78 is 2.08. The molecule has 100 valence electrons. The fraction of sp³-hybridized carbons (Fsp3) is 0.125. The Labute approximate surface area is 117 Å². The predicted octanol–water partition coefficient (Wildman–Crippen LogP) is 2.37. The summed E-state index contributed by atoms with van der Waals surface area (Å²) in [4.78, 5) is 8.51. The third-order valence-electron chi connectivity index (χ3n) is 3.27. The molecule has 0 aliphatic rings. The summed E-state index contributed by atoms with van der Waals surface area (Å²) in [6.07, 6.45) is 7.27. The first-order valence-electron chi connectivity index (χ1n) is 6.55. The Hall–Kier alpha value is -2.46. The maximum Gasteiger partial charge on any atom is 0.130 e. The van der Waals surface area contributed by atoms with Crippen LogP contribution in [0.2, 0.25) is 0 Å². The number of pyridine rings is 1. The molecular weight excluding hydrogens is 248 g/mol. The number of aromatic nitrogens is 3. The minimum absolute atomic E-state index is 0.262. The molecule has 20 heavy (non-hydrogen) atoms. The number of benzene rings is 1. The average molecular weight is 264 g/mol. The van der Waals surface area contributed by atoms with E-state index in [4.69, 9.17) is 5.73 Å². The van der Waals surface area contributed by atoms with Gasteiger partial charge < -0.3 is 10.3 Å². The van der Waals surface area contributed by atoms with E-state index >= 15 is 0 Å². The van der Waals surface area contributed by atoms with E-state index in [9.17, 15) is 0 Å². The summed E-state index contributed by atoms with van der Waals surface area (Å²) in [7, 11) is 0. The van der Waals surface area contributed by atoms with E-state index in [0.717, 1.165) is 17.9 Å². The van der Waals surface area contributed by atoms with Crippen LogP contribution >= 0.6 is 0 Å². The molecule has 2 heterocycles. The molecule has 0 saturated carbocycles. The van der Waals surface area contributed by atoms with Crippen molar-refractivity contribution in [3.8, 4) is 0 Å². The molecule has 1 aromatic carbocycles. The molecule has 0 bridgehead atoms. The lowest BCUT2D eigenvalue weighted by atomic mass is 10.1. The van der Waals surface area contributed by atoms with E-state index in [1.165, 1.54) is 5.56 Å². The summed E-state index contributed by atoms with van der Waals surface area (Å²) in [6.45, 7) is 0.768. The van der Waals surface area contributed by atoms with Crippen molar-refractivity contribution in [1.29, 1.82) is 0 Å². The molecule has 1 atom stereocenters. The van der Waals surface area contributed by atoms with Crippen LogP contribution in [0.3, 0.4) is 0 Å². The maximum absolute atomic E-state index is 6.29. The number of imidazole rings is 1. The number of rotatable bonds is 4. The van der Waals surface area contributed by atoms with Gasteiger partial charge in [0.05, 0.1) is 6.04 Å². The van der Waals surface area contributed by atoms with Crippen molar-refractivity contribution in [3.05, 3.63) is 84.2 Å². The van der Waals surface area contributed by atoms with Gasteiger partial charge in [0, 0.05) is 31.3 Å². The molecule has 4 nitrogen and oxygen atoms in total. The maximum atomic E-state index is 6.29. The lowest BCUT2D eigenvalue weighted by Gasteiger charge is -2.14. The Morgan fingerprint density at radius 3 is 2.65 bits per heavy atom. The molecule has 0 radical (unpaired) electrons. The van der Waals surface area contributed by atoms with Gasteiger partial charge in [0.15, 0.2) is 0 Å². The van der Waals surface area contributed by atoms with Gasteiger partial charge in [0.1, 0.15) is 5.82 Å². The van der Waals surface area contributed by atoms with Crippen LogP contribution in [0, 0.1) is 0 Å². The van der Waals surface area contributed by atoms with E-state index in [1.54, 1.807) is 18.6 Å². The van der Waals surface area contributed by atoms with Gasteiger partial charge in [-0.05, 0) is 17.2 Å². The number of nitrogens with zero attached hydrogens (tertiary/aromatic N) is 3. The first-order valence-corrected chi connectivity index (χ1v) is 6.55. The highest BCUT2D eigenvalue weighted by Gasteiger charge is 2.14. The molecule has 2 N–H and O–H groups in total. The van der Waals surface area contributed by atoms with Crippen LogP contribution in [0.5, 0.6) is 0 Å². The summed E-state index contributed by atoms with van der Waals surface area (Å²) in [5.74, 6) is 0.849. The molecule has 0 amide bonds. The minimum atomic E-state index is -0.262. The fourth-order valence-electron chi connectivity index (χ4n) is 2.22. The predicted molar refractivity (Wildman–Crippen MR) is 78.0 cm³/mol. The van der Waals surface area contributed by atoms with Gasteiger partial charge in [-0.2, -0.15) is 0 Å². The Kier molecular flexibility index (Phi) is 3.56. The zero-order valence-corrected chi connectivity index (χ0v) is 11.1. The first kappa shape index (κ1) is 12.6. The standard InChI is InChI=1S/C16H16N4/c17-15(14-7-4-8-18-11-14)16-19-9-10-20(16)12-13-5-2-1-3-6-13/h1-11,15H,12,17H2. The van der Waals surface area contributed by atoms with Crippen molar-refractivity contribution in [3.63, 3.8) is 0 Å². The second-order valence-corrected chi connectivity index (χ2v) is 4.66. The summed E-state index contributed by atoms with van der Waals surface area (Å²) >= 11 is 0. The SMILES string of the molecule is NC(c1cccnc1)c1nccn1Cc1ccccc1. The largest absolute Gasteiger partial charge is 0.329 e. The minimum Gasteiger partial charge on any atom is -0.329 e. The van der Waals surface area contributed by atoms with Gasteiger partial charge in [-0.15, -0.1) is 0 Å². The lowest BCUT2D eigenvalue weighted by molar-refractivity contribution is 0.673. The Bertz CT molecular complexity index is 661. The van der Waals surface area contributed by atoms with Crippen LogP contribution in [-0.4, -0.2) is 14.5 Å². The van der Waals surface area contributed by atoms with Gasteiger partial charge in [0.25, 0.3) is 0 Å². The van der Waals surface area contributed by atoms with Gasteiger partial charge >= 0.3 is 0 Å². The fourth-order valence-corrected chi connectivity index (χ4v) is 2.22. The summed E-state index contributed by atoms with van der Waals surface area (Å²) in [5.41, 5.74) is 8.48. The Balaban J connectivity index is 1.87.